The van der Waals surface area contributed by atoms with E-state index < -0.39 is 9.84 Å². The molecule has 0 radical (unpaired) electrons. The van der Waals surface area contributed by atoms with Gasteiger partial charge in [0.05, 0.1) is 29.3 Å². The van der Waals surface area contributed by atoms with Crippen molar-refractivity contribution in [1.82, 2.24) is 20.1 Å². The Morgan fingerprint density at radius 3 is 2.78 bits per heavy atom. The Bertz CT molecular complexity index is 815. The molecule has 1 aliphatic rings. The van der Waals surface area contributed by atoms with Gasteiger partial charge in [0.2, 0.25) is 0 Å². The number of nitrogens with zero attached hydrogens (tertiary/aromatic N) is 3. The minimum absolute atomic E-state index is 0.0909. The lowest BCUT2D eigenvalue weighted by atomic mass is 10.2. The van der Waals surface area contributed by atoms with Gasteiger partial charge >= 0.3 is 0 Å². The molecule has 1 saturated heterocycles. The summed E-state index contributed by atoms with van der Waals surface area (Å²) in [6.07, 6.45) is 5.39. The predicted molar refractivity (Wildman–Crippen MR) is 84.7 cm³/mol. The Morgan fingerprint density at radius 2 is 2.13 bits per heavy atom. The van der Waals surface area contributed by atoms with E-state index in [0.717, 1.165) is 5.56 Å². The fourth-order valence-corrected chi connectivity index (χ4v) is 4.45. The molecule has 23 heavy (non-hydrogen) atoms. The van der Waals surface area contributed by atoms with Crippen LogP contribution >= 0.6 is 0 Å². The highest BCUT2D eigenvalue weighted by molar-refractivity contribution is 7.91. The van der Waals surface area contributed by atoms with Crippen LogP contribution in [0.15, 0.2) is 30.7 Å². The first-order chi connectivity index (χ1) is 11.0. The zero-order valence-electron chi connectivity index (χ0n) is 12.8. The monoisotopic (exact) mass is 334 g/mol. The van der Waals surface area contributed by atoms with E-state index >= 15 is 0 Å². The van der Waals surface area contributed by atoms with Crippen molar-refractivity contribution in [3.8, 4) is 0 Å². The average Bonchev–Trinajstić information content (AvgIpc) is 3.08. The topological polar surface area (TPSA) is 93.9 Å². The van der Waals surface area contributed by atoms with E-state index in [1.165, 1.54) is 6.20 Å². The molecule has 2 aromatic heterocycles. The average molecular weight is 334 g/mol. The Kier molecular flexibility index (Phi) is 4.16. The summed E-state index contributed by atoms with van der Waals surface area (Å²) in [5.74, 6) is 0.0557. The number of carbonyl (C=O) groups is 1. The highest BCUT2D eigenvalue weighted by Gasteiger charge is 2.31. The Morgan fingerprint density at radius 1 is 1.39 bits per heavy atom. The van der Waals surface area contributed by atoms with Gasteiger partial charge in [-0.1, -0.05) is 0 Å². The number of carbonyl (C=O) groups excluding carboxylic acids is 1. The highest BCUT2D eigenvalue weighted by Crippen LogP contribution is 2.25. The quantitative estimate of drug-likeness (QED) is 0.895. The number of amides is 1. The SMILES string of the molecule is Cc1c(C(=O)NCc2ccncc2)cnn1[C@@H]1CCS(=O)(=O)C1. The second kappa shape index (κ2) is 6.11. The van der Waals surface area contributed by atoms with Crippen LogP contribution in [0.5, 0.6) is 0 Å². The molecule has 1 aliphatic heterocycles. The van der Waals surface area contributed by atoms with Crippen LogP contribution in [-0.2, 0) is 16.4 Å². The summed E-state index contributed by atoms with van der Waals surface area (Å²) in [4.78, 5) is 16.2. The van der Waals surface area contributed by atoms with Crippen LogP contribution in [0.25, 0.3) is 0 Å². The third-order valence-corrected chi connectivity index (χ3v) is 5.80. The zero-order chi connectivity index (χ0) is 16.4. The smallest absolute Gasteiger partial charge is 0.255 e. The van der Waals surface area contributed by atoms with E-state index in [2.05, 4.69) is 15.4 Å². The van der Waals surface area contributed by atoms with Gasteiger partial charge in [0, 0.05) is 24.6 Å². The lowest BCUT2D eigenvalue weighted by Crippen LogP contribution is -2.23. The lowest BCUT2D eigenvalue weighted by Gasteiger charge is -2.11. The van der Waals surface area contributed by atoms with Crippen molar-refractivity contribution in [2.45, 2.75) is 25.9 Å². The van der Waals surface area contributed by atoms with E-state index in [9.17, 15) is 13.2 Å². The molecule has 0 unspecified atom stereocenters. The Balaban J connectivity index is 1.70. The van der Waals surface area contributed by atoms with Crippen molar-refractivity contribution < 1.29 is 13.2 Å². The van der Waals surface area contributed by atoms with E-state index in [1.807, 2.05) is 12.1 Å². The third kappa shape index (κ3) is 3.42. The molecule has 0 aliphatic carbocycles. The number of aromatic nitrogens is 3. The van der Waals surface area contributed by atoms with Crippen molar-refractivity contribution >= 4 is 15.7 Å². The van der Waals surface area contributed by atoms with Crippen LogP contribution in [0.4, 0.5) is 0 Å². The molecule has 1 amide bonds. The molecule has 7 nitrogen and oxygen atoms in total. The Labute approximate surface area is 134 Å². The maximum atomic E-state index is 12.3. The molecule has 1 fully saturated rings. The number of hydrogen-bond donors (Lipinski definition) is 1. The molecule has 1 N–H and O–H groups in total. The minimum Gasteiger partial charge on any atom is -0.348 e. The van der Waals surface area contributed by atoms with Gasteiger partial charge in [-0.25, -0.2) is 8.42 Å². The van der Waals surface area contributed by atoms with Crippen LogP contribution in [0.1, 0.15) is 34.1 Å². The number of hydrogen-bond acceptors (Lipinski definition) is 5. The van der Waals surface area contributed by atoms with Crippen LogP contribution in [0, 0.1) is 6.92 Å². The summed E-state index contributed by atoms with van der Waals surface area (Å²) in [5.41, 5.74) is 2.13. The fourth-order valence-electron chi connectivity index (χ4n) is 2.76. The number of sulfone groups is 1. The largest absolute Gasteiger partial charge is 0.348 e. The summed E-state index contributed by atoms with van der Waals surface area (Å²) in [5, 5.41) is 7.06. The van der Waals surface area contributed by atoms with Gasteiger partial charge in [-0.2, -0.15) is 5.10 Å². The van der Waals surface area contributed by atoms with Crippen molar-refractivity contribution in [3.05, 3.63) is 47.5 Å². The molecule has 3 heterocycles. The van der Waals surface area contributed by atoms with E-state index in [1.54, 1.807) is 24.0 Å². The van der Waals surface area contributed by atoms with Gasteiger partial charge in [-0.15, -0.1) is 0 Å². The summed E-state index contributed by atoms with van der Waals surface area (Å²) in [7, 11) is -2.98. The number of rotatable bonds is 4. The second-order valence-corrected chi connectivity index (χ2v) is 7.91. The van der Waals surface area contributed by atoms with E-state index in [0.29, 0.717) is 24.2 Å². The molecular weight excluding hydrogens is 316 g/mol. The lowest BCUT2D eigenvalue weighted by molar-refractivity contribution is 0.0950. The van der Waals surface area contributed by atoms with Gasteiger partial charge in [-0.3, -0.25) is 14.5 Å². The molecule has 0 saturated carbocycles. The highest BCUT2D eigenvalue weighted by atomic mass is 32.2. The number of nitrogens with one attached hydrogen (secondary N) is 1. The van der Waals surface area contributed by atoms with Crippen LogP contribution < -0.4 is 5.32 Å². The summed E-state index contributed by atoms with van der Waals surface area (Å²) in [6, 6.07) is 3.49. The first-order valence-corrected chi connectivity index (χ1v) is 9.20. The fraction of sp³-hybridized carbons (Fsp3) is 0.400. The maximum Gasteiger partial charge on any atom is 0.255 e. The van der Waals surface area contributed by atoms with Crippen LogP contribution in [0.2, 0.25) is 0 Å². The first-order valence-electron chi connectivity index (χ1n) is 7.38. The van der Waals surface area contributed by atoms with Crippen molar-refractivity contribution in [1.29, 1.82) is 0 Å². The predicted octanol–water partition coefficient (Wildman–Crippen LogP) is 0.876. The normalized spacial score (nSPS) is 19.6. The van der Waals surface area contributed by atoms with Gasteiger partial charge in [0.25, 0.3) is 5.91 Å². The van der Waals surface area contributed by atoms with Crippen molar-refractivity contribution in [2.24, 2.45) is 0 Å². The Hall–Kier alpha value is -2.22. The first kappa shape index (κ1) is 15.7. The van der Waals surface area contributed by atoms with Crippen LogP contribution in [-0.4, -0.2) is 40.6 Å². The summed E-state index contributed by atoms with van der Waals surface area (Å²) in [6.45, 7) is 2.20. The van der Waals surface area contributed by atoms with Gasteiger partial charge in [0.1, 0.15) is 0 Å². The molecule has 122 valence electrons. The van der Waals surface area contributed by atoms with Gasteiger partial charge in [-0.05, 0) is 31.0 Å². The second-order valence-electron chi connectivity index (χ2n) is 5.68. The summed E-state index contributed by atoms with van der Waals surface area (Å²) < 4.78 is 24.9. The van der Waals surface area contributed by atoms with E-state index in [-0.39, 0.29) is 23.5 Å². The molecule has 2 aromatic rings. The third-order valence-electron chi connectivity index (χ3n) is 4.05. The zero-order valence-corrected chi connectivity index (χ0v) is 13.6. The minimum atomic E-state index is -2.98. The van der Waals surface area contributed by atoms with Crippen LogP contribution in [0.3, 0.4) is 0 Å². The molecule has 0 bridgehead atoms. The standard InChI is InChI=1S/C15H18N4O3S/c1-11-14(15(20)17-8-12-2-5-16-6-3-12)9-18-19(11)13-4-7-23(21,22)10-13/h2-3,5-6,9,13H,4,7-8,10H2,1H3,(H,17,20)/t13-/m1/s1. The molecule has 1 atom stereocenters. The molecule has 8 heteroatoms. The molecular formula is C15H18N4O3S. The maximum absolute atomic E-state index is 12.3. The number of pyridine rings is 1. The molecule has 0 spiro atoms. The van der Waals surface area contributed by atoms with Gasteiger partial charge < -0.3 is 5.32 Å². The summed E-state index contributed by atoms with van der Waals surface area (Å²) >= 11 is 0. The van der Waals surface area contributed by atoms with Crippen molar-refractivity contribution in [3.63, 3.8) is 0 Å². The van der Waals surface area contributed by atoms with Crippen molar-refractivity contribution in [2.75, 3.05) is 11.5 Å². The molecule has 0 aromatic carbocycles. The van der Waals surface area contributed by atoms with E-state index in [4.69, 9.17) is 0 Å². The molecule has 3 rings (SSSR count). The van der Waals surface area contributed by atoms with Gasteiger partial charge in [0.15, 0.2) is 9.84 Å².